The monoisotopic (exact) mass is 280 g/mol. The fourth-order valence-electron chi connectivity index (χ4n) is 2.78. The third kappa shape index (κ3) is 3.10. The van der Waals surface area contributed by atoms with Crippen molar-refractivity contribution in [1.29, 1.82) is 0 Å². The van der Waals surface area contributed by atoms with Gasteiger partial charge in [0.15, 0.2) is 0 Å². The van der Waals surface area contributed by atoms with E-state index < -0.39 is 5.82 Å². The van der Waals surface area contributed by atoms with Crippen LogP contribution in [0.3, 0.4) is 0 Å². The minimum absolute atomic E-state index is 0.159. The van der Waals surface area contributed by atoms with Crippen molar-refractivity contribution in [2.45, 2.75) is 26.2 Å². The number of anilines is 1. The van der Waals surface area contributed by atoms with Crippen molar-refractivity contribution in [2.75, 3.05) is 18.9 Å². The van der Waals surface area contributed by atoms with E-state index in [0.29, 0.717) is 18.0 Å². The molecule has 1 aromatic rings. The van der Waals surface area contributed by atoms with Crippen LogP contribution >= 0.6 is 0 Å². The first-order valence-electron chi connectivity index (χ1n) is 6.97. The highest BCUT2D eigenvalue weighted by atomic mass is 19.1. The standard InChI is InChI=1S/C15H21FN2O2/c1-9-13(16)5-12(6-14(9)17)15(20)18-7-10-3-2-4-11(10)8-19/h5-6,10-11,19H,2-4,7-8,17H2,1H3,(H,18,20). The van der Waals surface area contributed by atoms with E-state index in [4.69, 9.17) is 5.73 Å². The molecular formula is C15H21FN2O2. The summed E-state index contributed by atoms with van der Waals surface area (Å²) in [6.07, 6.45) is 3.09. The fraction of sp³-hybridized carbons (Fsp3) is 0.533. The zero-order valence-corrected chi connectivity index (χ0v) is 11.7. The topological polar surface area (TPSA) is 75.4 Å². The lowest BCUT2D eigenvalue weighted by Gasteiger charge is -2.18. The van der Waals surface area contributed by atoms with Gasteiger partial charge >= 0.3 is 0 Å². The molecule has 0 aromatic heterocycles. The minimum atomic E-state index is -0.468. The Balaban J connectivity index is 1.98. The summed E-state index contributed by atoms with van der Waals surface area (Å²) >= 11 is 0. The maximum atomic E-state index is 13.6. The maximum Gasteiger partial charge on any atom is 0.251 e. The molecule has 5 heteroatoms. The number of rotatable bonds is 4. The van der Waals surface area contributed by atoms with Crippen molar-refractivity contribution >= 4 is 11.6 Å². The van der Waals surface area contributed by atoms with Crippen LogP contribution in [0, 0.1) is 24.6 Å². The lowest BCUT2D eigenvalue weighted by atomic mass is 9.97. The molecule has 1 saturated carbocycles. The van der Waals surface area contributed by atoms with Crippen molar-refractivity contribution < 1.29 is 14.3 Å². The third-order valence-electron chi connectivity index (χ3n) is 4.22. The molecule has 2 unspecified atom stereocenters. The number of halogens is 1. The molecule has 2 atom stereocenters. The van der Waals surface area contributed by atoms with Gasteiger partial charge in [-0.15, -0.1) is 0 Å². The average Bonchev–Trinajstić information content (AvgIpc) is 2.89. The highest BCUT2D eigenvalue weighted by Gasteiger charge is 2.26. The van der Waals surface area contributed by atoms with Gasteiger partial charge in [0.2, 0.25) is 0 Å². The zero-order valence-electron chi connectivity index (χ0n) is 11.7. The molecule has 0 heterocycles. The summed E-state index contributed by atoms with van der Waals surface area (Å²) in [7, 11) is 0. The van der Waals surface area contributed by atoms with Crippen molar-refractivity contribution in [3.63, 3.8) is 0 Å². The van der Waals surface area contributed by atoms with Gasteiger partial charge in [-0.2, -0.15) is 0 Å². The van der Waals surface area contributed by atoms with Gasteiger partial charge in [0.25, 0.3) is 5.91 Å². The molecule has 0 spiro atoms. The van der Waals surface area contributed by atoms with E-state index in [9.17, 15) is 14.3 Å². The molecule has 1 aromatic carbocycles. The first-order chi connectivity index (χ1) is 9.52. The van der Waals surface area contributed by atoms with Crippen LogP contribution in [0.15, 0.2) is 12.1 Å². The Kier molecular flexibility index (Phi) is 4.60. The lowest BCUT2D eigenvalue weighted by molar-refractivity contribution is 0.0937. The van der Waals surface area contributed by atoms with Crippen LogP contribution in [0.5, 0.6) is 0 Å². The molecule has 20 heavy (non-hydrogen) atoms. The molecule has 0 radical (unpaired) electrons. The summed E-state index contributed by atoms with van der Waals surface area (Å²) in [4.78, 5) is 12.0. The first-order valence-corrected chi connectivity index (χ1v) is 6.97. The van der Waals surface area contributed by atoms with E-state index in [1.165, 1.54) is 12.1 Å². The van der Waals surface area contributed by atoms with Crippen LogP contribution in [0.25, 0.3) is 0 Å². The Labute approximate surface area is 118 Å². The Bertz CT molecular complexity index is 482. The van der Waals surface area contributed by atoms with Crippen LogP contribution in [0.2, 0.25) is 0 Å². The van der Waals surface area contributed by atoms with E-state index in [2.05, 4.69) is 5.32 Å². The van der Waals surface area contributed by atoms with Gasteiger partial charge in [-0.1, -0.05) is 6.42 Å². The lowest BCUT2D eigenvalue weighted by Crippen LogP contribution is -2.31. The molecule has 0 saturated heterocycles. The van der Waals surface area contributed by atoms with Crippen LogP contribution in [0.4, 0.5) is 10.1 Å². The maximum absolute atomic E-state index is 13.6. The predicted octanol–water partition coefficient (Wildman–Crippen LogP) is 1.85. The molecule has 0 bridgehead atoms. The van der Waals surface area contributed by atoms with Crippen molar-refractivity contribution in [3.05, 3.63) is 29.1 Å². The van der Waals surface area contributed by atoms with Gasteiger partial charge in [0.1, 0.15) is 5.82 Å². The van der Waals surface area contributed by atoms with E-state index >= 15 is 0 Å². The number of benzene rings is 1. The number of carbonyl (C=O) groups excluding carboxylic acids is 1. The molecule has 0 aliphatic heterocycles. The van der Waals surface area contributed by atoms with Gasteiger partial charge in [-0.25, -0.2) is 4.39 Å². The van der Waals surface area contributed by atoms with E-state index in [1.807, 2.05) is 0 Å². The van der Waals surface area contributed by atoms with Gasteiger partial charge in [0.05, 0.1) is 0 Å². The summed E-state index contributed by atoms with van der Waals surface area (Å²) in [5.41, 5.74) is 6.55. The van der Waals surface area contributed by atoms with Gasteiger partial charge in [-0.3, -0.25) is 4.79 Å². The van der Waals surface area contributed by atoms with Crippen LogP contribution in [-0.4, -0.2) is 24.2 Å². The Morgan fingerprint density at radius 1 is 1.45 bits per heavy atom. The molecule has 1 aliphatic carbocycles. The van der Waals surface area contributed by atoms with Gasteiger partial charge in [0, 0.05) is 30.0 Å². The quantitative estimate of drug-likeness (QED) is 0.737. The summed E-state index contributed by atoms with van der Waals surface area (Å²) in [6, 6.07) is 2.70. The number of hydrogen-bond acceptors (Lipinski definition) is 3. The molecule has 2 rings (SSSR count). The van der Waals surface area contributed by atoms with Crippen molar-refractivity contribution in [3.8, 4) is 0 Å². The predicted molar refractivity (Wildman–Crippen MR) is 75.8 cm³/mol. The van der Waals surface area contributed by atoms with Crippen molar-refractivity contribution in [1.82, 2.24) is 5.32 Å². The number of hydrogen-bond donors (Lipinski definition) is 3. The molecule has 1 aliphatic rings. The highest BCUT2D eigenvalue weighted by molar-refractivity contribution is 5.95. The first kappa shape index (κ1) is 14.8. The smallest absolute Gasteiger partial charge is 0.251 e. The number of aliphatic hydroxyl groups excluding tert-OH is 1. The number of nitrogen functional groups attached to an aromatic ring is 1. The third-order valence-corrected chi connectivity index (χ3v) is 4.22. The van der Waals surface area contributed by atoms with Crippen LogP contribution in [-0.2, 0) is 0 Å². The summed E-state index contributed by atoms with van der Waals surface area (Å²) in [6.45, 7) is 2.25. The SMILES string of the molecule is Cc1c(N)cc(C(=O)NCC2CCCC2CO)cc1F. The van der Waals surface area contributed by atoms with Crippen molar-refractivity contribution in [2.24, 2.45) is 11.8 Å². The number of nitrogens with one attached hydrogen (secondary N) is 1. The number of amides is 1. The number of carbonyl (C=O) groups is 1. The van der Waals surface area contributed by atoms with Crippen LogP contribution in [0.1, 0.15) is 35.2 Å². The summed E-state index contributed by atoms with van der Waals surface area (Å²) in [5, 5.41) is 12.1. The fourth-order valence-corrected chi connectivity index (χ4v) is 2.78. The highest BCUT2D eigenvalue weighted by Crippen LogP contribution is 2.30. The van der Waals surface area contributed by atoms with E-state index in [1.54, 1.807) is 6.92 Å². The average molecular weight is 280 g/mol. The van der Waals surface area contributed by atoms with Gasteiger partial charge < -0.3 is 16.2 Å². The normalized spacial score (nSPS) is 21.9. The van der Waals surface area contributed by atoms with E-state index in [0.717, 1.165) is 19.3 Å². The molecule has 110 valence electrons. The second kappa shape index (κ2) is 6.22. The van der Waals surface area contributed by atoms with Gasteiger partial charge in [-0.05, 0) is 43.7 Å². The van der Waals surface area contributed by atoms with Crippen LogP contribution < -0.4 is 11.1 Å². The minimum Gasteiger partial charge on any atom is -0.398 e. The molecule has 4 nitrogen and oxygen atoms in total. The molecular weight excluding hydrogens is 259 g/mol. The zero-order chi connectivity index (χ0) is 14.7. The molecule has 1 fully saturated rings. The Hall–Kier alpha value is -1.62. The Morgan fingerprint density at radius 2 is 2.15 bits per heavy atom. The number of aliphatic hydroxyl groups is 1. The summed E-state index contributed by atoms with van der Waals surface area (Å²) in [5.74, 6) is -0.227. The second-order valence-corrected chi connectivity index (χ2v) is 5.52. The molecule has 4 N–H and O–H groups in total. The van der Waals surface area contributed by atoms with E-state index in [-0.39, 0.29) is 29.7 Å². The number of nitrogens with two attached hydrogens (primary N) is 1. The summed E-state index contributed by atoms with van der Waals surface area (Å²) < 4.78 is 13.6. The molecule has 1 amide bonds. The Morgan fingerprint density at radius 3 is 2.80 bits per heavy atom. The second-order valence-electron chi connectivity index (χ2n) is 5.52. The largest absolute Gasteiger partial charge is 0.398 e.